The van der Waals surface area contributed by atoms with Gasteiger partial charge in [0.25, 0.3) is 5.91 Å². The maximum Gasteiger partial charge on any atom is 0.276 e. The summed E-state index contributed by atoms with van der Waals surface area (Å²) in [5.74, 6) is -0.367. The van der Waals surface area contributed by atoms with Crippen molar-refractivity contribution in [3.8, 4) is 0 Å². The second-order valence-corrected chi connectivity index (χ2v) is 5.75. The van der Waals surface area contributed by atoms with Crippen LogP contribution in [0.2, 0.25) is 0 Å². The van der Waals surface area contributed by atoms with Crippen LogP contribution < -0.4 is 0 Å². The third-order valence-electron chi connectivity index (χ3n) is 3.81. The van der Waals surface area contributed by atoms with Gasteiger partial charge in [0.2, 0.25) is 0 Å². The summed E-state index contributed by atoms with van der Waals surface area (Å²) in [5.41, 5.74) is 1.79. The Morgan fingerprint density at radius 2 is 1.45 bits per heavy atom. The largest absolute Gasteiger partial charge is 0.286 e. The SMILES string of the molecule is CCCCCCCCCCc1ccc(C(=O)N(C)O)cc1.[Ar]. The van der Waals surface area contributed by atoms with Crippen LogP contribution in [0, 0.1) is 37.7 Å². The normalized spacial score (nSPS) is 10.1. The Kier molecular flexibility index (Phi) is 13.3. The van der Waals surface area contributed by atoms with E-state index in [9.17, 15) is 4.79 Å². The monoisotopic (exact) mass is 331 g/mol. The molecule has 22 heavy (non-hydrogen) atoms. The van der Waals surface area contributed by atoms with E-state index < -0.39 is 0 Å². The standard InChI is InChI=1S/C18H29NO2.Ar/c1-3-4-5-6-7-8-9-10-11-16-12-14-17(15-13-16)18(20)19(2)21;/h12-15,21H,3-11H2,1-2H3;. The third-order valence-corrected chi connectivity index (χ3v) is 3.81. The fourth-order valence-corrected chi connectivity index (χ4v) is 2.46. The van der Waals surface area contributed by atoms with Crippen molar-refractivity contribution in [3.63, 3.8) is 0 Å². The van der Waals surface area contributed by atoms with Gasteiger partial charge in [0.15, 0.2) is 0 Å². The molecule has 0 heterocycles. The summed E-state index contributed by atoms with van der Waals surface area (Å²) in [6.07, 6.45) is 11.7. The molecule has 0 aliphatic carbocycles. The summed E-state index contributed by atoms with van der Waals surface area (Å²) in [4.78, 5) is 11.5. The average molecular weight is 331 g/mol. The summed E-state index contributed by atoms with van der Waals surface area (Å²) in [5, 5.41) is 9.72. The number of unbranched alkanes of at least 4 members (excludes halogenated alkanes) is 7. The zero-order valence-electron chi connectivity index (χ0n) is 13.8. The van der Waals surface area contributed by atoms with Crippen LogP contribution in [0.5, 0.6) is 0 Å². The number of benzene rings is 1. The topological polar surface area (TPSA) is 40.5 Å². The van der Waals surface area contributed by atoms with Crippen LogP contribution >= 0.6 is 0 Å². The van der Waals surface area contributed by atoms with Gasteiger partial charge >= 0.3 is 0 Å². The Hall–Kier alpha value is -0.0903. The Labute approximate surface area is 165 Å². The van der Waals surface area contributed by atoms with Crippen molar-refractivity contribution in [2.75, 3.05) is 7.05 Å². The molecular formula is C18H29ArNO2. The molecule has 1 rings (SSSR count). The first-order chi connectivity index (χ1) is 10.1. The number of amides is 1. The molecule has 0 aliphatic rings. The molecule has 3 nitrogen and oxygen atoms in total. The molecule has 0 spiro atoms. The van der Waals surface area contributed by atoms with E-state index >= 15 is 0 Å². The van der Waals surface area contributed by atoms with Crippen molar-refractivity contribution in [1.82, 2.24) is 5.06 Å². The second-order valence-electron chi connectivity index (χ2n) is 5.75. The van der Waals surface area contributed by atoms with Crippen LogP contribution in [-0.4, -0.2) is 23.2 Å². The minimum Gasteiger partial charge on any atom is -0.286 e. The van der Waals surface area contributed by atoms with Gasteiger partial charge in [-0.2, -0.15) is 0 Å². The minimum absolute atomic E-state index is 0. The molecule has 0 bridgehead atoms. The van der Waals surface area contributed by atoms with E-state index in [0.717, 1.165) is 6.42 Å². The van der Waals surface area contributed by atoms with Crippen LogP contribution in [0.4, 0.5) is 0 Å². The van der Waals surface area contributed by atoms with Crippen LogP contribution in [0.3, 0.4) is 0 Å². The molecule has 0 unspecified atom stereocenters. The first-order valence-corrected chi connectivity index (χ1v) is 8.21. The predicted octanol–water partition coefficient (Wildman–Crippen LogP) is 4.83. The van der Waals surface area contributed by atoms with E-state index in [4.69, 9.17) is 5.21 Å². The molecule has 1 aromatic carbocycles. The van der Waals surface area contributed by atoms with E-state index in [0.29, 0.717) is 10.6 Å². The van der Waals surface area contributed by atoms with E-state index in [1.165, 1.54) is 64.0 Å². The van der Waals surface area contributed by atoms with Crippen LogP contribution in [-0.2, 0) is 6.42 Å². The number of aryl methyl sites for hydroxylation is 1. The molecular weight excluding hydrogens is 302 g/mol. The molecule has 0 fully saturated rings. The molecule has 126 valence electrons. The summed E-state index contributed by atoms with van der Waals surface area (Å²) >= 11 is 0. The number of hydrogen-bond acceptors (Lipinski definition) is 2. The maximum atomic E-state index is 11.5. The molecule has 0 saturated carbocycles. The summed E-state index contributed by atoms with van der Waals surface area (Å²) < 4.78 is 0. The Bertz CT molecular complexity index is 404. The minimum atomic E-state index is -0.367. The maximum absolute atomic E-state index is 11.5. The number of rotatable bonds is 10. The zero-order chi connectivity index (χ0) is 15.5. The number of carbonyl (C=O) groups excluding carboxylic acids is 1. The second kappa shape index (κ2) is 13.4. The molecule has 1 aromatic rings. The van der Waals surface area contributed by atoms with Crippen molar-refractivity contribution in [2.24, 2.45) is 0 Å². The van der Waals surface area contributed by atoms with Crippen molar-refractivity contribution in [3.05, 3.63) is 35.4 Å². The van der Waals surface area contributed by atoms with Crippen LogP contribution in [0.25, 0.3) is 0 Å². The van der Waals surface area contributed by atoms with Gasteiger partial charge in [-0.05, 0) is 30.5 Å². The fourth-order valence-electron chi connectivity index (χ4n) is 2.46. The number of nitrogens with zero attached hydrogens (tertiary/aromatic N) is 1. The number of hydroxylamine groups is 2. The molecule has 0 atom stereocenters. The molecule has 0 radical (unpaired) electrons. The first-order valence-electron chi connectivity index (χ1n) is 8.21. The van der Waals surface area contributed by atoms with Gasteiger partial charge in [0, 0.05) is 50.3 Å². The van der Waals surface area contributed by atoms with Gasteiger partial charge in [-0.25, -0.2) is 5.06 Å². The van der Waals surface area contributed by atoms with E-state index in [1.807, 2.05) is 12.1 Å². The van der Waals surface area contributed by atoms with E-state index in [-0.39, 0.29) is 43.6 Å². The van der Waals surface area contributed by atoms with E-state index in [1.54, 1.807) is 12.1 Å². The van der Waals surface area contributed by atoms with Gasteiger partial charge in [-0.15, -0.1) is 0 Å². The smallest absolute Gasteiger partial charge is 0.276 e. The van der Waals surface area contributed by atoms with Gasteiger partial charge in [0.05, 0.1) is 0 Å². The molecule has 4 heteroatoms. The Morgan fingerprint density at radius 3 is 1.95 bits per heavy atom. The third kappa shape index (κ3) is 9.14. The van der Waals surface area contributed by atoms with Crippen LogP contribution in [0.15, 0.2) is 24.3 Å². The molecule has 1 N–H and O–H groups in total. The van der Waals surface area contributed by atoms with Gasteiger partial charge in [-0.1, -0.05) is 64.0 Å². The van der Waals surface area contributed by atoms with Crippen molar-refractivity contribution in [1.29, 1.82) is 0 Å². The molecule has 0 aliphatic heterocycles. The van der Waals surface area contributed by atoms with Crippen LogP contribution in [0.1, 0.15) is 74.2 Å². The first kappa shape index (κ1) is 21.9. The van der Waals surface area contributed by atoms with E-state index in [2.05, 4.69) is 6.92 Å². The summed E-state index contributed by atoms with van der Waals surface area (Å²) in [7, 11) is 1.34. The van der Waals surface area contributed by atoms with Crippen molar-refractivity contribution in [2.45, 2.75) is 64.7 Å². The summed E-state index contributed by atoms with van der Waals surface area (Å²) in [6.45, 7) is 2.25. The average Bonchev–Trinajstić information content (AvgIpc) is 2.49. The molecule has 1 amide bonds. The van der Waals surface area contributed by atoms with Gasteiger partial charge in [0.1, 0.15) is 0 Å². The Balaban J connectivity index is 0.00000441. The number of carbonyl (C=O) groups is 1. The fraction of sp³-hybridized carbons (Fsp3) is 0.611. The van der Waals surface area contributed by atoms with Crippen molar-refractivity contribution < 1.29 is 47.7 Å². The molecule has 0 aromatic heterocycles. The predicted molar refractivity (Wildman–Crippen MR) is 86.6 cm³/mol. The number of hydrogen-bond donors (Lipinski definition) is 1. The van der Waals surface area contributed by atoms with Crippen molar-refractivity contribution >= 4 is 5.91 Å². The molecule has 0 saturated heterocycles. The van der Waals surface area contributed by atoms with Gasteiger partial charge in [-0.3, -0.25) is 10.0 Å². The zero-order valence-corrected chi connectivity index (χ0v) is 14.5. The Morgan fingerprint density at radius 1 is 0.955 bits per heavy atom. The quantitative estimate of drug-likeness (QED) is 0.379. The van der Waals surface area contributed by atoms with Gasteiger partial charge < -0.3 is 0 Å². The summed E-state index contributed by atoms with van der Waals surface area (Å²) in [6, 6.07) is 7.54.